The minimum atomic E-state index is -0.318. The molecular weight excluding hydrogens is 234 g/mol. The van der Waals surface area contributed by atoms with E-state index in [1.54, 1.807) is 6.92 Å². The first-order chi connectivity index (χ1) is 8.39. The Kier molecular flexibility index (Phi) is 8.03. The highest BCUT2D eigenvalue weighted by Crippen LogP contribution is 2.03. The minimum absolute atomic E-state index is 0.237. The van der Waals surface area contributed by atoms with Crippen molar-refractivity contribution in [3.05, 3.63) is 12.2 Å². The van der Waals surface area contributed by atoms with Gasteiger partial charge in [-0.25, -0.2) is 4.79 Å². The van der Waals surface area contributed by atoms with Crippen molar-refractivity contribution in [3.63, 3.8) is 0 Å². The molecule has 0 aromatic rings. The molecular formula is C13H23NO4. The fourth-order valence-corrected chi connectivity index (χ4v) is 0.996. The van der Waals surface area contributed by atoms with Gasteiger partial charge in [0.25, 0.3) is 6.47 Å². The van der Waals surface area contributed by atoms with Crippen molar-refractivity contribution in [2.24, 2.45) is 5.92 Å². The van der Waals surface area contributed by atoms with Gasteiger partial charge in [-0.3, -0.25) is 4.79 Å². The topological polar surface area (TPSA) is 64.6 Å². The van der Waals surface area contributed by atoms with E-state index in [9.17, 15) is 9.59 Å². The van der Waals surface area contributed by atoms with Gasteiger partial charge in [-0.1, -0.05) is 6.08 Å². The van der Waals surface area contributed by atoms with E-state index in [2.05, 4.69) is 10.1 Å². The summed E-state index contributed by atoms with van der Waals surface area (Å²) in [5.74, 6) is 0.291. The third-order valence-electron chi connectivity index (χ3n) is 2.01. The molecule has 1 aliphatic rings. The van der Waals surface area contributed by atoms with Gasteiger partial charge < -0.3 is 14.8 Å². The Balaban J connectivity index is 0.000000360. The fraction of sp³-hybridized carbons (Fsp3) is 0.692. The monoisotopic (exact) mass is 257 g/mol. The van der Waals surface area contributed by atoms with Crippen LogP contribution in [0.1, 0.15) is 27.7 Å². The summed E-state index contributed by atoms with van der Waals surface area (Å²) in [6.07, 6.45) is 3.41. The van der Waals surface area contributed by atoms with Crippen LogP contribution in [0.25, 0.3) is 0 Å². The van der Waals surface area contributed by atoms with Crippen molar-refractivity contribution < 1.29 is 19.1 Å². The number of hydrogen-bond donors (Lipinski definition) is 1. The van der Waals surface area contributed by atoms with Gasteiger partial charge in [0, 0.05) is 25.1 Å². The molecule has 0 radical (unpaired) electrons. The third kappa shape index (κ3) is 9.84. The van der Waals surface area contributed by atoms with E-state index in [-0.39, 0.29) is 11.6 Å². The highest BCUT2D eigenvalue weighted by atomic mass is 16.5. The van der Waals surface area contributed by atoms with Crippen LogP contribution in [-0.4, -0.2) is 37.7 Å². The lowest BCUT2D eigenvalue weighted by Crippen LogP contribution is -2.40. The standard InChI is InChI=1S/C8H13NO2.C5H10O2/c1-2-11-8(10)4-3-7-5-9-6-7;1-5(2,3)7-4-6/h3-4,7,9H,2,5-6H2,1H3;4H,1-3H3/b4-3+;. The van der Waals surface area contributed by atoms with Crippen molar-refractivity contribution in [1.29, 1.82) is 0 Å². The Bertz CT molecular complexity index is 277. The zero-order valence-electron chi connectivity index (χ0n) is 11.6. The lowest BCUT2D eigenvalue weighted by molar-refractivity contribution is -0.139. The number of nitrogens with one attached hydrogen (secondary N) is 1. The summed E-state index contributed by atoms with van der Waals surface area (Å²) in [5, 5.41) is 3.11. The highest BCUT2D eigenvalue weighted by Gasteiger charge is 2.12. The van der Waals surface area contributed by atoms with Crippen molar-refractivity contribution in [3.8, 4) is 0 Å². The molecule has 1 N–H and O–H groups in total. The van der Waals surface area contributed by atoms with E-state index in [0.29, 0.717) is 19.0 Å². The van der Waals surface area contributed by atoms with Gasteiger partial charge in [0.15, 0.2) is 0 Å². The maximum atomic E-state index is 10.8. The van der Waals surface area contributed by atoms with Crippen molar-refractivity contribution >= 4 is 12.4 Å². The van der Waals surface area contributed by atoms with Crippen LogP contribution in [0, 0.1) is 5.92 Å². The molecule has 0 bridgehead atoms. The summed E-state index contributed by atoms with van der Waals surface area (Å²) in [6, 6.07) is 0. The molecule has 0 saturated carbocycles. The molecule has 1 heterocycles. The minimum Gasteiger partial charge on any atom is -0.463 e. The number of carbonyl (C=O) groups is 2. The molecule has 0 atom stereocenters. The van der Waals surface area contributed by atoms with Crippen LogP contribution >= 0.6 is 0 Å². The predicted octanol–water partition coefficient (Wildman–Crippen LogP) is 1.28. The lowest BCUT2D eigenvalue weighted by atomic mass is 10.0. The molecule has 0 aromatic carbocycles. The van der Waals surface area contributed by atoms with E-state index in [1.807, 2.05) is 26.8 Å². The summed E-state index contributed by atoms with van der Waals surface area (Å²) < 4.78 is 9.26. The lowest BCUT2D eigenvalue weighted by Gasteiger charge is -2.23. The zero-order chi connectivity index (χ0) is 14.0. The second kappa shape index (κ2) is 8.69. The summed E-state index contributed by atoms with van der Waals surface area (Å²) >= 11 is 0. The summed E-state index contributed by atoms with van der Waals surface area (Å²) in [7, 11) is 0. The first-order valence-corrected chi connectivity index (χ1v) is 6.06. The van der Waals surface area contributed by atoms with Crippen LogP contribution < -0.4 is 5.32 Å². The molecule has 1 aliphatic heterocycles. The van der Waals surface area contributed by atoms with Crippen LogP contribution in [0.15, 0.2) is 12.2 Å². The zero-order valence-corrected chi connectivity index (χ0v) is 11.6. The Morgan fingerprint density at radius 3 is 2.28 bits per heavy atom. The second-order valence-electron chi connectivity index (χ2n) is 4.86. The first kappa shape index (κ1) is 16.6. The van der Waals surface area contributed by atoms with Gasteiger partial charge in [-0.05, 0) is 27.7 Å². The predicted molar refractivity (Wildman–Crippen MR) is 69.0 cm³/mol. The molecule has 0 unspecified atom stereocenters. The number of ether oxygens (including phenoxy) is 2. The van der Waals surface area contributed by atoms with E-state index < -0.39 is 0 Å². The molecule has 0 spiro atoms. The Labute approximate surface area is 109 Å². The first-order valence-electron chi connectivity index (χ1n) is 6.06. The van der Waals surface area contributed by atoms with Crippen LogP contribution in [0.4, 0.5) is 0 Å². The Hall–Kier alpha value is -1.36. The SMILES string of the molecule is CC(C)(C)OC=O.CCOC(=O)/C=C/C1CNC1. The smallest absolute Gasteiger partial charge is 0.330 e. The van der Waals surface area contributed by atoms with Crippen LogP contribution in [0.5, 0.6) is 0 Å². The van der Waals surface area contributed by atoms with Crippen LogP contribution in [0.3, 0.4) is 0 Å². The average molecular weight is 257 g/mol. The van der Waals surface area contributed by atoms with E-state index in [4.69, 9.17) is 4.74 Å². The van der Waals surface area contributed by atoms with Gasteiger partial charge in [0.2, 0.25) is 0 Å². The molecule has 1 saturated heterocycles. The van der Waals surface area contributed by atoms with E-state index in [0.717, 1.165) is 13.1 Å². The molecule has 0 aliphatic carbocycles. The van der Waals surface area contributed by atoms with Gasteiger partial charge >= 0.3 is 5.97 Å². The quantitative estimate of drug-likeness (QED) is 0.467. The number of carbonyl (C=O) groups excluding carboxylic acids is 2. The molecule has 5 heteroatoms. The largest absolute Gasteiger partial charge is 0.463 e. The molecule has 0 aromatic heterocycles. The molecule has 1 fully saturated rings. The molecule has 18 heavy (non-hydrogen) atoms. The van der Waals surface area contributed by atoms with Gasteiger partial charge in [-0.15, -0.1) is 0 Å². The average Bonchev–Trinajstić information content (AvgIpc) is 2.14. The maximum absolute atomic E-state index is 10.8. The van der Waals surface area contributed by atoms with Gasteiger partial charge in [0.1, 0.15) is 5.60 Å². The summed E-state index contributed by atoms with van der Waals surface area (Å²) in [5.41, 5.74) is -0.318. The van der Waals surface area contributed by atoms with Crippen LogP contribution in [0.2, 0.25) is 0 Å². The van der Waals surface area contributed by atoms with Gasteiger partial charge in [0.05, 0.1) is 6.61 Å². The number of hydrogen-bond acceptors (Lipinski definition) is 5. The van der Waals surface area contributed by atoms with Crippen molar-refractivity contribution in [2.75, 3.05) is 19.7 Å². The molecule has 0 amide bonds. The van der Waals surface area contributed by atoms with Crippen molar-refractivity contribution in [2.45, 2.75) is 33.3 Å². The maximum Gasteiger partial charge on any atom is 0.330 e. The molecule has 5 nitrogen and oxygen atoms in total. The second-order valence-corrected chi connectivity index (χ2v) is 4.86. The Morgan fingerprint density at radius 2 is 2.00 bits per heavy atom. The van der Waals surface area contributed by atoms with Crippen molar-refractivity contribution in [1.82, 2.24) is 5.32 Å². The normalized spacial score (nSPS) is 15.3. The number of esters is 1. The number of rotatable bonds is 4. The molecule has 104 valence electrons. The van der Waals surface area contributed by atoms with Crippen LogP contribution in [-0.2, 0) is 19.1 Å². The molecule has 1 rings (SSSR count). The summed E-state index contributed by atoms with van der Waals surface area (Å²) in [4.78, 5) is 20.4. The van der Waals surface area contributed by atoms with E-state index >= 15 is 0 Å². The summed E-state index contributed by atoms with van der Waals surface area (Å²) in [6.45, 7) is 10.1. The Morgan fingerprint density at radius 1 is 1.39 bits per heavy atom. The van der Waals surface area contributed by atoms with E-state index in [1.165, 1.54) is 6.08 Å². The third-order valence-corrected chi connectivity index (χ3v) is 2.01. The highest BCUT2D eigenvalue weighted by molar-refractivity contribution is 5.81. The van der Waals surface area contributed by atoms with Gasteiger partial charge in [-0.2, -0.15) is 0 Å². The fourth-order valence-electron chi connectivity index (χ4n) is 0.996.